The van der Waals surface area contributed by atoms with Crippen LogP contribution in [0.5, 0.6) is 5.75 Å². The zero-order valence-corrected chi connectivity index (χ0v) is 17.0. The van der Waals surface area contributed by atoms with Gasteiger partial charge in [-0.2, -0.15) is 0 Å². The molecule has 0 spiro atoms. The third kappa shape index (κ3) is 4.47. The first-order valence-electron chi connectivity index (χ1n) is 9.75. The van der Waals surface area contributed by atoms with E-state index >= 15 is 0 Å². The minimum absolute atomic E-state index is 0.254. The predicted octanol–water partition coefficient (Wildman–Crippen LogP) is 3.38. The molecule has 0 aliphatic carbocycles. The number of imide groups is 1. The van der Waals surface area contributed by atoms with E-state index < -0.39 is 11.6 Å². The van der Waals surface area contributed by atoms with Gasteiger partial charge >= 0.3 is 6.03 Å². The van der Waals surface area contributed by atoms with Gasteiger partial charge in [0, 0.05) is 5.56 Å². The van der Waals surface area contributed by atoms with Crippen LogP contribution in [0.3, 0.4) is 0 Å². The number of urea groups is 1. The van der Waals surface area contributed by atoms with Crippen LogP contribution >= 0.6 is 0 Å². The average Bonchev–Trinajstić information content (AvgIpc) is 2.96. The lowest BCUT2D eigenvalue weighted by Gasteiger charge is -2.21. The Morgan fingerprint density at radius 2 is 1.66 bits per heavy atom. The van der Waals surface area contributed by atoms with Crippen LogP contribution in [-0.2, 0) is 17.6 Å². The molecular weight excluding hydrogens is 368 g/mol. The van der Waals surface area contributed by atoms with Crippen LogP contribution in [0.4, 0.5) is 4.79 Å². The number of amides is 3. The molecule has 1 atom stereocenters. The number of benzene rings is 2. The number of nitrogens with one attached hydrogen (secondary N) is 1. The topological polar surface area (TPSA) is 75.7 Å². The van der Waals surface area contributed by atoms with Crippen molar-refractivity contribution in [2.75, 3.05) is 13.7 Å². The van der Waals surface area contributed by atoms with Crippen LogP contribution in [0.15, 0.2) is 48.5 Å². The first-order chi connectivity index (χ1) is 13.9. The number of carbonyl (C=O) groups is 3. The standard InChI is InChI=1S/C23H26N2O4/c1-4-16-5-9-18(10-6-16)20(26)15-25-21(27)23(2,24-22(25)28)14-13-17-7-11-19(29-3)12-8-17/h5-12H,4,13-15H2,1-3H3,(H,24,28)/t23-/m1/s1. The molecule has 1 heterocycles. The molecule has 1 aliphatic heterocycles. The molecule has 6 heteroatoms. The maximum absolute atomic E-state index is 12.9. The largest absolute Gasteiger partial charge is 0.497 e. The van der Waals surface area contributed by atoms with E-state index in [-0.39, 0.29) is 18.2 Å². The minimum atomic E-state index is -1.02. The SMILES string of the molecule is CCc1ccc(C(=O)CN2C(=O)N[C@](C)(CCc3ccc(OC)cc3)C2=O)cc1. The van der Waals surface area contributed by atoms with Gasteiger partial charge < -0.3 is 10.1 Å². The predicted molar refractivity (Wildman–Crippen MR) is 110 cm³/mol. The van der Waals surface area contributed by atoms with Crippen molar-refractivity contribution < 1.29 is 19.1 Å². The number of methoxy groups -OCH3 is 1. The number of ether oxygens (including phenoxy) is 1. The lowest BCUT2D eigenvalue weighted by molar-refractivity contribution is -0.130. The summed E-state index contributed by atoms with van der Waals surface area (Å²) in [7, 11) is 1.61. The molecule has 1 aliphatic rings. The highest BCUT2D eigenvalue weighted by Crippen LogP contribution is 2.24. The molecule has 0 unspecified atom stereocenters. The van der Waals surface area contributed by atoms with Gasteiger partial charge in [0.2, 0.25) is 0 Å². The summed E-state index contributed by atoms with van der Waals surface area (Å²) in [6, 6.07) is 14.3. The first-order valence-corrected chi connectivity index (χ1v) is 9.75. The van der Waals surface area contributed by atoms with Crippen LogP contribution in [-0.4, -0.2) is 41.8 Å². The third-order valence-corrected chi connectivity index (χ3v) is 5.40. The van der Waals surface area contributed by atoms with Gasteiger partial charge in [0.05, 0.1) is 13.7 Å². The van der Waals surface area contributed by atoms with Crippen molar-refractivity contribution in [1.82, 2.24) is 10.2 Å². The molecule has 29 heavy (non-hydrogen) atoms. The van der Waals surface area contributed by atoms with Crippen LogP contribution in [0.2, 0.25) is 0 Å². The second-order valence-electron chi connectivity index (χ2n) is 7.48. The van der Waals surface area contributed by atoms with E-state index in [9.17, 15) is 14.4 Å². The number of rotatable bonds is 8. The summed E-state index contributed by atoms with van der Waals surface area (Å²) >= 11 is 0. The second kappa shape index (κ2) is 8.47. The van der Waals surface area contributed by atoms with Gasteiger partial charge in [-0.05, 0) is 49.4 Å². The summed E-state index contributed by atoms with van der Waals surface area (Å²) in [5.74, 6) is 0.145. The van der Waals surface area contributed by atoms with E-state index in [4.69, 9.17) is 4.74 Å². The van der Waals surface area contributed by atoms with Crippen molar-refractivity contribution in [3.63, 3.8) is 0 Å². The Balaban J connectivity index is 1.64. The quantitative estimate of drug-likeness (QED) is 0.550. The molecule has 2 aromatic rings. The maximum Gasteiger partial charge on any atom is 0.325 e. The molecular formula is C23H26N2O4. The fourth-order valence-electron chi connectivity index (χ4n) is 3.41. The van der Waals surface area contributed by atoms with E-state index in [1.165, 1.54) is 0 Å². The Morgan fingerprint density at radius 3 is 2.24 bits per heavy atom. The zero-order valence-electron chi connectivity index (χ0n) is 17.0. The number of nitrogens with zero attached hydrogens (tertiary/aromatic N) is 1. The Labute approximate surface area is 170 Å². The third-order valence-electron chi connectivity index (χ3n) is 5.40. The minimum Gasteiger partial charge on any atom is -0.497 e. The lowest BCUT2D eigenvalue weighted by atomic mass is 9.93. The first kappa shape index (κ1) is 20.6. The molecule has 0 radical (unpaired) electrons. The highest BCUT2D eigenvalue weighted by Gasteiger charge is 2.47. The number of ketones is 1. The van der Waals surface area contributed by atoms with Gasteiger partial charge in [0.15, 0.2) is 5.78 Å². The van der Waals surface area contributed by atoms with E-state index in [1.807, 2.05) is 43.3 Å². The maximum atomic E-state index is 12.9. The number of aryl methyl sites for hydroxylation is 2. The summed E-state index contributed by atoms with van der Waals surface area (Å²) in [5, 5.41) is 2.76. The van der Waals surface area contributed by atoms with E-state index in [0.29, 0.717) is 18.4 Å². The van der Waals surface area contributed by atoms with Crippen molar-refractivity contribution in [2.24, 2.45) is 0 Å². The number of hydrogen-bond donors (Lipinski definition) is 1. The van der Waals surface area contributed by atoms with E-state index in [2.05, 4.69) is 5.32 Å². The zero-order chi connectivity index (χ0) is 21.0. The summed E-state index contributed by atoms with van der Waals surface area (Å²) in [4.78, 5) is 38.9. The molecule has 0 saturated carbocycles. The number of Topliss-reactive ketones (excluding diaryl/α,β-unsaturated/α-hetero) is 1. The molecule has 0 aromatic heterocycles. The van der Waals surface area contributed by atoms with Crippen molar-refractivity contribution in [3.8, 4) is 5.75 Å². The number of hydrogen-bond acceptors (Lipinski definition) is 4. The van der Waals surface area contributed by atoms with Crippen molar-refractivity contribution in [2.45, 2.75) is 38.6 Å². The molecule has 2 aromatic carbocycles. The van der Waals surface area contributed by atoms with Crippen molar-refractivity contribution in [1.29, 1.82) is 0 Å². The Morgan fingerprint density at radius 1 is 1.03 bits per heavy atom. The van der Waals surface area contributed by atoms with Gasteiger partial charge in [0.1, 0.15) is 11.3 Å². The smallest absolute Gasteiger partial charge is 0.325 e. The molecule has 1 fully saturated rings. The Bertz CT molecular complexity index is 905. The number of carbonyl (C=O) groups excluding carboxylic acids is 3. The summed E-state index contributed by atoms with van der Waals surface area (Å²) < 4.78 is 5.15. The summed E-state index contributed by atoms with van der Waals surface area (Å²) in [5.41, 5.74) is 1.64. The molecule has 3 amide bonds. The van der Waals surface area contributed by atoms with Gasteiger partial charge in [-0.3, -0.25) is 14.5 Å². The van der Waals surface area contributed by atoms with E-state index in [1.54, 1.807) is 26.2 Å². The Hall–Kier alpha value is -3.15. The van der Waals surface area contributed by atoms with Crippen LogP contribution in [0.1, 0.15) is 41.8 Å². The van der Waals surface area contributed by atoms with Crippen molar-refractivity contribution in [3.05, 3.63) is 65.2 Å². The highest BCUT2D eigenvalue weighted by atomic mass is 16.5. The van der Waals surface area contributed by atoms with E-state index in [0.717, 1.165) is 28.2 Å². The molecule has 1 saturated heterocycles. The average molecular weight is 394 g/mol. The molecule has 1 N–H and O–H groups in total. The van der Waals surface area contributed by atoms with Crippen LogP contribution in [0.25, 0.3) is 0 Å². The fraction of sp³-hybridized carbons (Fsp3) is 0.348. The summed E-state index contributed by atoms with van der Waals surface area (Å²) in [6.45, 7) is 3.49. The van der Waals surface area contributed by atoms with Crippen LogP contribution < -0.4 is 10.1 Å². The van der Waals surface area contributed by atoms with Gasteiger partial charge in [-0.15, -0.1) is 0 Å². The highest BCUT2D eigenvalue weighted by molar-refractivity contribution is 6.11. The normalized spacial score (nSPS) is 18.7. The van der Waals surface area contributed by atoms with Gasteiger partial charge in [0.25, 0.3) is 5.91 Å². The van der Waals surface area contributed by atoms with Crippen molar-refractivity contribution >= 4 is 17.7 Å². The summed E-state index contributed by atoms with van der Waals surface area (Å²) in [6.07, 6.45) is 1.95. The molecule has 3 rings (SSSR count). The Kier molecular flexibility index (Phi) is 6.01. The van der Waals surface area contributed by atoms with Gasteiger partial charge in [-0.1, -0.05) is 43.3 Å². The second-order valence-corrected chi connectivity index (χ2v) is 7.48. The lowest BCUT2D eigenvalue weighted by Crippen LogP contribution is -2.44. The fourth-order valence-corrected chi connectivity index (χ4v) is 3.41. The van der Waals surface area contributed by atoms with Crippen LogP contribution in [0, 0.1) is 0 Å². The molecule has 6 nitrogen and oxygen atoms in total. The molecule has 0 bridgehead atoms. The molecule has 152 valence electrons. The van der Waals surface area contributed by atoms with Gasteiger partial charge in [-0.25, -0.2) is 4.79 Å². The monoisotopic (exact) mass is 394 g/mol.